The van der Waals surface area contributed by atoms with Crippen molar-refractivity contribution in [3.8, 4) is 0 Å². The van der Waals surface area contributed by atoms with Crippen molar-refractivity contribution in [2.45, 2.75) is 46.0 Å². The third-order valence-electron chi connectivity index (χ3n) is 2.20. The van der Waals surface area contributed by atoms with E-state index in [0.717, 1.165) is 0 Å². The Balaban J connectivity index is 2.20. The highest BCUT2D eigenvalue weighted by atomic mass is 32.2. The third-order valence-corrected chi connectivity index (χ3v) is 3.24. The van der Waals surface area contributed by atoms with Gasteiger partial charge < -0.3 is 0 Å². The molecule has 0 unspecified atom stereocenters. The monoisotopic (exact) mass is 196 g/mol. The van der Waals surface area contributed by atoms with E-state index in [9.17, 15) is 0 Å². The van der Waals surface area contributed by atoms with Crippen LogP contribution in [0.4, 0.5) is 0 Å². The standard InChI is InChI=1S/C11H18NS/c1-3-4-5-6-7-11-10(2)12-8-9-13-11/h8-9H,3-7H2,1-2H3. The fraction of sp³-hybridized carbons (Fsp3) is 0.636. The summed E-state index contributed by atoms with van der Waals surface area (Å²) in [5, 5.41) is 6.36. The van der Waals surface area contributed by atoms with Gasteiger partial charge in [0.2, 0.25) is 0 Å². The first-order valence-electron chi connectivity index (χ1n) is 5.07. The Morgan fingerprint density at radius 2 is 2.15 bits per heavy atom. The molecular formula is C11H18NS. The van der Waals surface area contributed by atoms with E-state index >= 15 is 0 Å². The number of hydrogen-bond donors (Lipinski definition) is 0. The van der Waals surface area contributed by atoms with Crippen LogP contribution in [0.25, 0.3) is 0 Å². The van der Waals surface area contributed by atoms with Gasteiger partial charge in [-0.15, -0.1) is 0 Å². The second-order valence-electron chi connectivity index (χ2n) is 3.35. The van der Waals surface area contributed by atoms with Crippen molar-refractivity contribution in [1.29, 1.82) is 0 Å². The molecule has 1 aliphatic heterocycles. The Labute approximate surface area is 85.7 Å². The summed E-state index contributed by atoms with van der Waals surface area (Å²) in [4.78, 5) is 1.46. The Kier molecular flexibility index (Phi) is 5.06. The van der Waals surface area contributed by atoms with Crippen LogP contribution < -0.4 is 5.32 Å². The Morgan fingerprint density at radius 1 is 1.31 bits per heavy atom. The van der Waals surface area contributed by atoms with Gasteiger partial charge in [-0.05, 0) is 25.2 Å². The van der Waals surface area contributed by atoms with E-state index in [4.69, 9.17) is 0 Å². The van der Waals surface area contributed by atoms with Gasteiger partial charge in [0.05, 0.1) is 0 Å². The number of nitrogens with zero attached hydrogens (tertiary/aromatic N) is 1. The van der Waals surface area contributed by atoms with Crippen molar-refractivity contribution in [3.05, 3.63) is 22.2 Å². The van der Waals surface area contributed by atoms with Gasteiger partial charge in [-0.3, -0.25) is 5.32 Å². The molecule has 1 radical (unpaired) electrons. The molecule has 0 bridgehead atoms. The lowest BCUT2D eigenvalue weighted by molar-refractivity contribution is 0.669. The van der Waals surface area contributed by atoms with Crippen molar-refractivity contribution in [1.82, 2.24) is 5.32 Å². The molecule has 0 aromatic carbocycles. The number of thioether (sulfide) groups is 1. The quantitative estimate of drug-likeness (QED) is 0.606. The van der Waals surface area contributed by atoms with Crippen LogP contribution in [0, 0.1) is 0 Å². The normalized spacial score (nSPS) is 16.2. The van der Waals surface area contributed by atoms with Gasteiger partial charge in [-0.2, -0.15) is 0 Å². The number of hydrogen-bond acceptors (Lipinski definition) is 1. The summed E-state index contributed by atoms with van der Waals surface area (Å²) in [6.45, 7) is 4.35. The zero-order valence-corrected chi connectivity index (χ0v) is 9.36. The summed E-state index contributed by atoms with van der Waals surface area (Å²) in [5.74, 6) is 0. The minimum absolute atomic E-state index is 1.21. The van der Waals surface area contributed by atoms with Crippen LogP contribution in [0.3, 0.4) is 0 Å². The smallest absolute Gasteiger partial charge is 0.0471 e. The van der Waals surface area contributed by atoms with E-state index in [1.807, 2.05) is 18.0 Å². The molecule has 0 atom stereocenters. The van der Waals surface area contributed by atoms with E-state index in [0.29, 0.717) is 0 Å². The largest absolute Gasteiger partial charge is 0.260 e. The first-order chi connectivity index (χ1) is 6.34. The van der Waals surface area contributed by atoms with Crippen LogP contribution >= 0.6 is 11.8 Å². The van der Waals surface area contributed by atoms with Gasteiger partial charge in [-0.1, -0.05) is 37.9 Å². The second kappa shape index (κ2) is 6.14. The molecule has 1 rings (SSSR count). The number of rotatable bonds is 5. The van der Waals surface area contributed by atoms with E-state index in [2.05, 4.69) is 24.6 Å². The zero-order chi connectivity index (χ0) is 9.52. The maximum Gasteiger partial charge on any atom is 0.0471 e. The molecule has 0 fully saturated rings. The average molecular weight is 196 g/mol. The van der Waals surface area contributed by atoms with Gasteiger partial charge in [0.25, 0.3) is 0 Å². The molecule has 0 aromatic heterocycles. The van der Waals surface area contributed by atoms with Crippen molar-refractivity contribution >= 4 is 11.8 Å². The predicted molar refractivity (Wildman–Crippen MR) is 60.3 cm³/mol. The molecule has 0 aliphatic carbocycles. The van der Waals surface area contributed by atoms with Crippen LogP contribution in [0.1, 0.15) is 46.0 Å². The van der Waals surface area contributed by atoms with Gasteiger partial charge in [0.1, 0.15) is 0 Å². The van der Waals surface area contributed by atoms with Crippen molar-refractivity contribution in [3.63, 3.8) is 0 Å². The summed E-state index contributed by atoms with van der Waals surface area (Å²) in [6, 6.07) is 0. The summed E-state index contributed by atoms with van der Waals surface area (Å²) < 4.78 is 0. The summed E-state index contributed by atoms with van der Waals surface area (Å²) in [6.07, 6.45) is 8.45. The van der Waals surface area contributed by atoms with Crippen LogP contribution in [0.2, 0.25) is 0 Å². The zero-order valence-electron chi connectivity index (χ0n) is 8.55. The second-order valence-corrected chi connectivity index (χ2v) is 4.35. The highest BCUT2D eigenvalue weighted by Crippen LogP contribution is 2.28. The lowest BCUT2D eigenvalue weighted by Crippen LogP contribution is -1.99. The number of unbranched alkanes of at least 4 members (excludes halogenated alkanes) is 3. The van der Waals surface area contributed by atoms with Crippen molar-refractivity contribution in [2.75, 3.05) is 0 Å². The average Bonchev–Trinajstić information content (AvgIpc) is 2.15. The van der Waals surface area contributed by atoms with Gasteiger partial charge in [-0.25, -0.2) is 0 Å². The lowest BCUT2D eigenvalue weighted by Gasteiger charge is -2.11. The van der Waals surface area contributed by atoms with Gasteiger partial charge in [0, 0.05) is 16.8 Å². The fourth-order valence-electron chi connectivity index (χ4n) is 1.36. The Hall–Kier alpha value is -0.370. The number of allylic oxidation sites excluding steroid dienone is 2. The minimum Gasteiger partial charge on any atom is -0.260 e. The maximum absolute atomic E-state index is 4.29. The molecule has 0 spiro atoms. The molecule has 0 N–H and O–H groups in total. The summed E-state index contributed by atoms with van der Waals surface area (Å²) in [5.41, 5.74) is 1.21. The van der Waals surface area contributed by atoms with Gasteiger partial charge >= 0.3 is 0 Å². The molecule has 0 aromatic rings. The van der Waals surface area contributed by atoms with Gasteiger partial charge in [0.15, 0.2) is 0 Å². The van der Waals surface area contributed by atoms with Crippen LogP contribution in [0.15, 0.2) is 22.2 Å². The van der Waals surface area contributed by atoms with Crippen LogP contribution in [-0.2, 0) is 0 Å². The van der Waals surface area contributed by atoms with Crippen LogP contribution in [0.5, 0.6) is 0 Å². The summed E-state index contributed by atoms with van der Waals surface area (Å²) >= 11 is 1.83. The molecule has 1 heterocycles. The molecular weight excluding hydrogens is 178 g/mol. The maximum atomic E-state index is 4.29. The van der Waals surface area contributed by atoms with E-state index in [1.165, 1.54) is 42.7 Å². The molecule has 0 amide bonds. The molecule has 2 heteroatoms. The predicted octanol–water partition coefficient (Wildman–Crippen LogP) is 4.01. The molecule has 1 nitrogen and oxygen atoms in total. The highest BCUT2D eigenvalue weighted by Gasteiger charge is 2.05. The van der Waals surface area contributed by atoms with E-state index in [1.54, 1.807) is 0 Å². The van der Waals surface area contributed by atoms with Crippen molar-refractivity contribution < 1.29 is 0 Å². The molecule has 0 saturated carbocycles. The third kappa shape index (κ3) is 3.90. The minimum atomic E-state index is 1.21. The molecule has 0 saturated heterocycles. The lowest BCUT2D eigenvalue weighted by atomic mass is 10.1. The molecule has 1 aliphatic rings. The highest BCUT2D eigenvalue weighted by molar-refractivity contribution is 8.05. The Bertz CT molecular complexity index is 206. The fourth-order valence-corrected chi connectivity index (χ4v) is 2.14. The molecule has 73 valence electrons. The first-order valence-corrected chi connectivity index (χ1v) is 5.95. The Morgan fingerprint density at radius 3 is 2.85 bits per heavy atom. The van der Waals surface area contributed by atoms with Crippen molar-refractivity contribution in [2.24, 2.45) is 0 Å². The topological polar surface area (TPSA) is 14.1 Å². The molecule has 13 heavy (non-hydrogen) atoms. The van der Waals surface area contributed by atoms with E-state index < -0.39 is 0 Å². The SMILES string of the molecule is CCCCCCC1=C(C)[N]C=CS1. The first kappa shape index (κ1) is 10.7. The summed E-state index contributed by atoms with van der Waals surface area (Å²) in [7, 11) is 0. The van der Waals surface area contributed by atoms with Crippen LogP contribution in [-0.4, -0.2) is 0 Å². The van der Waals surface area contributed by atoms with E-state index in [-0.39, 0.29) is 0 Å².